The van der Waals surface area contributed by atoms with Crippen molar-refractivity contribution in [3.05, 3.63) is 34.9 Å². The normalized spacial score (nSPS) is 27.2. The number of Topliss-reactive ketones (excluding diaryl/α,β-unsaturated/α-hetero) is 1. The third-order valence-corrected chi connectivity index (χ3v) is 4.57. The largest absolute Gasteiger partial charge is 0.299 e. The first kappa shape index (κ1) is 13.6. The van der Waals surface area contributed by atoms with Crippen molar-refractivity contribution in [1.82, 2.24) is 4.90 Å². The van der Waals surface area contributed by atoms with Gasteiger partial charge in [-0.05, 0) is 25.5 Å². The minimum Gasteiger partial charge on any atom is -0.299 e. The third-order valence-electron chi connectivity index (χ3n) is 4.22. The number of carbonyl (C=O) groups is 1. The zero-order chi connectivity index (χ0) is 13.3. The number of rotatable bonds is 2. The van der Waals surface area contributed by atoms with Crippen molar-refractivity contribution >= 4 is 17.4 Å². The van der Waals surface area contributed by atoms with E-state index >= 15 is 0 Å². The van der Waals surface area contributed by atoms with Crippen LogP contribution in [0.15, 0.2) is 24.3 Å². The second-order valence-electron chi connectivity index (χ2n) is 5.18. The SMILES string of the molecule is CC1C(=O)CCN(C(C)c2ccccc2Cl)C1C. The molecule has 3 unspecified atom stereocenters. The Morgan fingerprint density at radius 2 is 2.00 bits per heavy atom. The highest BCUT2D eigenvalue weighted by Gasteiger charge is 2.34. The number of hydrogen-bond acceptors (Lipinski definition) is 2. The summed E-state index contributed by atoms with van der Waals surface area (Å²) in [7, 11) is 0. The molecule has 0 aliphatic carbocycles. The predicted octanol–water partition coefficient (Wildman–Crippen LogP) is 3.70. The molecule has 98 valence electrons. The van der Waals surface area contributed by atoms with E-state index in [1.165, 1.54) is 0 Å². The van der Waals surface area contributed by atoms with Gasteiger partial charge in [-0.3, -0.25) is 9.69 Å². The van der Waals surface area contributed by atoms with Gasteiger partial charge in [0.1, 0.15) is 5.78 Å². The van der Waals surface area contributed by atoms with Crippen molar-refractivity contribution in [3.8, 4) is 0 Å². The number of nitrogens with zero attached hydrogens (tertiary/aromatic N) is 1. The van der Waals surface area contributed by atoms with E-state index in [1.54, 1.807) is 0 Å². The zero-order valence-corrected chi connectivity index (χ0v) is 11.9. The van der Waals surface area contributed by atoms with Gasteiger partial charge in [-0.2, -0.15) is 0 Å². The van der Waals surface area contributed by atoms with Gasteiger partial charge in [-0.15, -0.1) is 0 Å². The van der Waals surface area contributed by atoms with Gasteiger partial charge in [0.15, 0.2) is 0 Å². The van der Waals surface area contributed by atoms with Crippen molar-refractivity contribution < 1.29 is 4.79 Å². The highest BCUT2D eigenvalue weighted by Crippen LogP contribution is 2.32. The van der Waals surface area contributed by atoms with Crippen LogP contribution in [0.25, 0.3) is 0 Å². The monoisotopic (exact) mass is 265 g/mol. The molecule has 0 amide bonds. The van der Waals surface area contributed by atoms with Gasteiger partial charge in [0.25, 0.3) is 0 Å². The molecule has 1 aromatic carbocycles. The number of likely N-dealkylation sites (tertiary alicyclic amines) is 1. The lowest BCUT2D eigenvalue weighted by molar-refractivity contribution is -0.128. The summed E-state index contributed by atoms with van der Waals surface area (Å²) in [6.45, 7) is 7.16. The second kappa shape index (κ2) is 5.41. The molecule has 0 spiro atoms. The number of hydrogen-bond donors (Lipinski definition) is 0. The van der Waals surface area contributed by atoms with Crippen LogP contribution in [0.4, 0.5) is 0 Å². The predicted molar refractivity (Wildman–Crippen MR) is 74.8 cm³/mol. The molecule has 0 N–H and O–H groups in total. The molecule has 1 fully saturated rings. The fourth-order valence-electron chi connectivity index (χ4n) is 2.77. The first-order valence-corrected chi connectivity index (χ1v) is 6.93. The summed E-state index contributed by atoms with van der Waals surface area (Å²) in [6, 6.07) is 8.49. The molecule has 0 aromatic heterocycles. The average Bonchev–Trinajstić information content (AvgIpc) is 2.36. The minimum absolute atomic E-state index is 0.115. The Kier molecular flexibility index (Phi) is 4.08. The summed E-state index contributed by atoms with van der Waals surface area (Å²) in [4.78, 5) is 14.1. The van der Waals surface area contributed by atoms with Crippen molar-refractivity contribution in [2.24, 2.45) is 5.92 Å². The Hall–Kier alpha value is -0.860. The lowest BCUT2D eigenvalue weighted by atomic mass is 9.88. The Morgan fingerprint density at radius 1 is 1.33 bits per heavy atom. The standard InChI is InChI=1S/C15H20ClNO/c1-10-11(2)17(9-8-15(10)18)12(3)13-6-4-5-7-14(13)16/h4-7,10-12H,8-9H2,1-3H3. The first-order valence-electron chi connectivity index (χ1n) is 6.55. The average molecular weight is 266 g/mol. The van der Waals surface area contributed by atoms with Gasteiger partial charge >= 0.3 is 0 Å². The molecule has 1 heterocycles. The van der Waals surface area contributed by atoms with Crippen LogP contribution in [0.1, 0.15) is 38.8 Å². The van der Waals surface area contributed by atoms with Gasteiger partial charge < -0.3 is 0 Å². The zero-order valence-electron chi connectivity index (χ0n) is 11.2. The fraction of sp³-hybridized carbons (Fsp3) is 0.533. The van der Waals surface area contributed by atoms with E-state index in [1.807, 2.05) is 25.1 Å². The van der Waals surface area contributed by atoms with Gasteiger partial charge in [0, 0.05) is 36.0 Å². The third kappa shape index (κ3) is 2.45. The van der Waals surface area contributed by atoms with Crippen molar-refractivity contribution in [2.45, 2.75) is 39.3 Å². The molecule has 0 bridgehead atoms. The van der Waals surface area contributed by atoms with E-state index in [0.29, 0.717) is 12.2 Å². The molecule has 2 rings (SSSR count). The number of halogens is 1. The summed E-state index contributed by atoms with van der Waals surface area (Å²) in [6.07, 6.45) is 0.653. The van der Waals surface area contributed by atoms with Crippen LogP contribution in [-0.2, 0) is 4.79 Å². The van der Waals surface area contributed by atoms with Gasteiger partial charge in [0.2, 0.25) is 0 Å². The maximum absolute atomic E-state index is 11.7. The van der Waals surface area contributed by atoms with Gasteiger partial charge in [-0.25, -0.2) is 0 Å². The molecule has 1 saturated heterocycles. The first-order chi connectivity index (χ1) is 8.52. The number of benzene rings is 1. The highest BCUT2D eigenvalue weighted by molar-refractivity contribution is 6.31. The van der Waals surface area contributed by atoms with E-state index in [2.05, 4.69) is 24.8 Å². The molecule has 3 atom stereocenters. The van der Waals surface area contributed by atoms with Crippen molar-refractivity contribution in [3.63, 3.8) is 0 Å². The minimum atomic E-state index is 0.115. The summed E-state index contributed by atoms with van der Waals surface area (Å²) in [5.74, 6) is 0.494. The molecule has 1 aliphatic rings. The van der Waals surface area contributed by atoms with E-state index in [0.717, 1.165) is 17.1 Å². The molecule has 1 aliphatic heterocycles. The maximum Gasteiger partial charge on any atom is 0.138 e. The summed E-state index contributed by atoms with van der Waals surface area (Å²) >= 11 is 6.26. The lowest BCUT2D eigenvalue weighted by Gasteiger charge is -2.41. The summed E-state index contributed by atoms with van der Waals surface area (Å²) in [5, 5.41) is 0.807. The van der Waals surface area contributed by atoms with Crippen LogP contribution >= 0.6 is 11.6 Å². The quantitative estimate of drug-likeness (QED) is 0.813. The van der Waals surface area contributed by atoms with Gasteiger partial charge in [0.05, 0.1) is 0 Å². The molecule has 0 saturated carbocycles. The van der Waals surface area contributed by atoms with E-state index < -0.39 is 0 Å². The van der Waals surface area contributed by atoms with E-state index in [4.69, 9.17) is 11.6 Å². The number of carbonyl (C=O) groups excluding carboxylic acids is 1. The lowest BCUT2D eigenvalue weighted by Crippen LogP contribution is -2.47. The summed E-state index contributed by atoms with van der Waals surface area (Å²) < 4.78 is 0. The smallest absolute Gasteiger partial charge is 0.138 e. The molecule has 3 heteroatoms. The van der Waals surface area contributed by atoms with Gasteiger partial charge in [-0.1, -0.05) is 36.7 Å². The Balaban J connectivity index is 2.22. The van der Waals surface area contributed by atoms with Crippen LogP contribution in [-0.4, -0.2) is 23.3 Å². The van der Waals surface area contributed by atoms with E-state index in [-0.39, 0.29) is 18.0 Å². The Labute approximate surface area is 114 Å². The topological polar surface area (TPSA) is 20.3 Å². The Morgan fingerprint density at radius 3 is 2.67 bits per heavy atom. The molecular formula is C15H20ClNO. The van der Waals surface area contributed by atoms with Crippen LogP contribution < -0.4 is 0 Å². The molecule has 18 heavy (non-hydrogen) atoms. The Bertz CT molecular complexity index is 446. The second-order valence-corrected chi connectivity index (χ2v) is 5.59. The number of piperidine rings is 1. The molecular weight excluding hydrogens is 246 g/mol. The van der Waals surface area contributed by atoms with Crippen LogP contribution in [0.2, 0.25) is 5.02 Å². The molecule has 0 radical (unpaired) electrons. The van der Waals surface area contributed by atoms with Crippen LogP contribution in [0.3, 0.4) is 0 Å². The number of ketones is 1. The molecule has 1 aromatic rings. The van der Waals surface area contributed by atoms with Crippen molar-refractivity contribution in [1.29, 1.82) is 0 Å². The maximum atomic E-state index is 11.7. The molecule has 2 nitrogen and oxygen atoms in total. The fourth-order valence-corrected chi connectivity index (χ4v) is 3.06. The van der Waals surface area contributed by atoms with Crippen LogP contribution in [0, 0.1) is 5.92 Å². The van der Waals surface area contributed by atoms with Crippen molar-refractivity contribution in [2.75, 3.05) is 6.54 Å². The summed E-state index contributed by atoms with van der Waals surface area (Å²) in [5.41, 5.74) is 1.15. The highest BCUT2D eigenvalue weighted by atomic mass is 35.5. The van der Waals surface area contributed by atoms with Crippen LogP contribution in [0.5, 0.6) is 0 Å². The van der Waals surface area contributed by atoms with E-state index in [9.17, 15) is 4.79 Å².